The molecule has 0 aliphatic carbocycles. The van der Waals surface area contributed by atoms with Gasteiger partial charge in [0.05, 0.1) is 16.3 Å². The van der Waals surface area contributed by atoms with Crippen molar-refractivity contribution < 1.29 is 9.00 Å². The lowest BCUT2D eigenvalue weighted by molar-refractivity contribution is -0.116. The van der Waals surface area contributed by atoms with Crippen LogP contribution in [0.3, 0.4) is 0 Å². The maximum atomic E-state index is 11.7. The van der Waals surface area contributed by atoms with Gasteiger partial charge in [-0.25, -0.2) is 4.21 Å². The normalized spacial score (nSPS) is 16.8. The number of hydrogen-bond donors (Lipinski definition) is 1. The Balaban J connectivity index is 4.99. The van der Waals surface area contributed by atoms with Crippen LogP contribution < -0.4 is 5.73 Å². The molecular formula is C7H16N2O2S. The largest absolute Gasteiger partial charge is 0.322 e. The lowest BCUT2D eigenvalue weighted by atomic mass is 10.3. The maximum Gasteiger partial charge on any atom is 0.267 e. The number of rotatable bonds is 1. The van der Waals surface area contributed by atoms with Gasteiger partial charge in [-0.3, -0.25) is 4.79 Å². The number of carbonyl (C=O) groups is 1. The summed E-state index contributed by atoms with van der Waals surface area (Å²) >= 11 is 0. The van der Waals surface area contributed by atoms with Crippen molar-refractivity contribution >= 4 is 15.6 Å². The highest BCUT2D eigenvalue weighted by atomic mass is 32.2. The molecule has 0 aromatic carbocycles. The summed E-state index contributed by atoms with van der Waals surface area (Å²) in [4.78, 5) is 10.8. The molecule has 0 radical (unpaired) electrons. The lowest BCUT2D eigenvalue weighted by Gasteiger charge is -2.19. The van der Waals surface area contributed by atoms with Crippen molar-refractivity contribution in [3.05, 3.63) is 0 Å². The van der Waals surface area contributed by atoms with E-state index in [1.807, 2.05) is 0 Å². The minimum absolute atomic E-state index is 0.180. The zero-order valence-corrected chi connectivity index (χ0v) is 8.77. The molecule has 72 valence electrons. The molecule has 4 nitrogen and oxygen atoms in total. The van der Waals surface area contributed by atoms with Crippen LogP contribution in [0, 0.1) is 0 Å². The first kappa shape index (κ1) is 11.6. The standard InChI is InChI=1S/C7H16N2O2S/c1-7(2,3)12(4,11)9-6(10)5-8/h5,8H2,1-4H3. The van der Waals surface area contributed by atoms with E-state index in [9.17, 15) is 9.00 Å². The van der Waals surface area contributed by atoms with Gasteiger partial charge in [-0.05, 0) is 20.8 Å². The maximum absolute atomic E-state index is 11.7. The Labute approximate surface area is 73.7 Å². The second-order valence-electron chi connectivity index (χ2n) is 3.60. The quantitative estimate of drug-likeness (QED) is 0.652. The molecule has 5 heteroatoms. The third kappa shape index (κ3) is 2.91. The van der Waals surface area contributed by atoms with Gasteiger partial charge in [-0.1, -0.05) is 0 Å². The van der Waals surface area contributed by atoms with Crippen LogP contribution in [0.2, 0.25) is 0 Å². The molecule has 12 heavy (non-hydrogen) atoms. The molecular weight excluding hydrogens is 176 g/mol. The summed E-state index contributed by atoms with van der Waals surface area (Å²) in [6.45, 7) is 5.16. The first-order valence-corrected chi connectivity index (χ1v) is 5.57. The molecule has 0 saturated carbocycles. The average Bonchev–Trinajstić information content (AvgIpc) is 1.84. The number of carbonyl (C=O) groups excluding carboxylic acids is 1. The van der Waals surface area contributed by atoms with Gasteiger partial charge >= 0.3 is 0 Å². The molecule has 0 bridgehead atoms. The van der Waals surface area contributed by atoms with Crippen LogP contribution in [0.15, 0.2) is 4.36 Å². The van der Waals surface area contributed by atoms with Gasteiger partial charge in [0.25, 0.3) is 5.91 Å². The van der Waals surface area contributed by atoms with Crippen molar-refractivity contribution in [2.75, 3.05) is 12.8 Å². The summed E-state index contributed by atoms with van der Waals surface area (Å²) in [5.41, 5.74) is 5.05. The number of nitrogens with zero attached hydrogens (tertiary/aromatic N) is 1. The van der Waals surface area contributed by atoms with E-state index in [1.54, 1.807) is 20.8 Å². The van der Waals surface area contributed by atoms with Crippen LogP contribution >= 0.6 is 0 Å². The third-order valence-electron chi connectivity index (χ3n) is 1.59. The molecule has 0 saturated heterocycles. The molecule has 1 amide bonds. The monoisotopic (exact) mass is 192 g/mol. The van der Waals surface area contributed by atoms with Gasteiger partial charge in [0.2, 0.25) is 0 Å². The second-order valence-corrected chi connectivity index (χ2v) is 6.62. The summed E-state index contributed by atoms with van der Waals surface area (Å²) in [6, 6.07) is 0. The van der Waals surface area contributed by atoms with Gasteiger partial charge in [0, 0.05) is 11.0 Å². The van der Waals surface area contributed by atoms with Crippen LogP contribution in [0.1, 0.15) is 20.8 Å². The summed E-state index contributed by atoms with van der Waals surface area (Å²) < 4.78 is 14.8. The van der Waals surface area contributed by atoms with E-state index >= 15 is 0 Å². The highest BCUT2D eigenvalue weighted by molar-refractivity contribution is 7.94. The summed E-state index contributed by atoms with van der Waals surface area (Å²) in [5.74, 6) is -0.502. The minimum Gasteiger partial charge on any atom is -0.322 e. The molecule has 2 N–H and O–H groups in total. The van der Waals surface area contributed by atoms with Gasteiger partial charge in [-0.2, -0.15) is 4.36 Å². The zero-order valence-electron chi connectivity index (χ0n) is 7.96. The van der Waals surface area contributed by atoms with Crippen molar-refractivity contribution in [2.24, 2.45) is 10.1 Å². The summed E-state index contributed by atoms with van der Waals surface area (Å²) in [7, 11) is -2.46. The topological polar surface area (TPSA) is 72.5 Å². The average molecular weight is 192 g/mol. The van der Waals surface area contributed by atoms with Crippen LogP contribution in [0.4, 0.5) is 0 Å². The van der Waals surface area contributed by atoms with Gasteiger partial charge < -0.3 is 5.73 Å². The Bertz CT molecular complexity index is 282. The van der Waals surface area contributed by atoms with Crippen molar-refractivity contribution in [1.29, 1.82) is 0 Å². The van der Waals surface area contributed by atoms with Gasteiger partial charge in [0.15, 0.2) is 0 Å². The van der Waals surface area contributed by atoms with Crippen LogP contribution in [0.5, 0.6) is 0 Å². The van der Waals surface area contributed by atoms with E-state index in [2.05, 4.69) is 4.36 Å². The fourth-order valence-corrected chi connectivity index (χ4v) is 1.11. The predicted molar refractivity (Wildman–Crippen MR) is 50.3 cm³/mol. The summed E-state index contributed by atoms with van der Waals surface area (Å²) in [5, 5.41) is 0. The number of amides is 1. The molecule has 1 atom stereocenters. The SMILES string of the molecule is CC(C)(C)S(C)(=O)=NC(=O)CN. The molecule has 0 spiro atoms. The Kier molecular flexibility index (Phi) is 3.41. The second kappa shape index (κ2) is 3.53. The van der Waals surface area contributed by atoms with E-state index in [0.29, 0.717) is 0 Å². The van der Waals surface area contributed by atoms with Crippen molar-refractivity contribution in [1.82, 2.24) is 0 Å². The van der Waals surface area contributed by atoms with Crippen molar-refractivity contribution in [2.45, 2.75) is 25.5 Å². The fourth-order valence-electron chi connectivity index (χ4n) is 0.368. The first-order chi connectivity index (χ1) is 5.20. The molecule has 0 heterocycles. The van der Waals surface area contributed by atoms with Crippen molar-refractivity contribution in [3.8, 4) is 0 Å². The van der Waals surface area contributed by atoms with E-state index < -0.39 is 20.4 Å². The highest BCUT2D eigenvalue weighted by Crippen LogP contribution is 2.15. The van der Waals surface area contributed by atoms with Crippen LogP contribution in [0.25, 0.3) is 0 Å². The lowest BCUT2D eigenvalue weighted by Crippen LogP contribution is -2.28. The smallest absolute Gasteiger partial charge is 0.267 e. The Morgan fingerprint density at radius 1 is 1.50 bits per heavy atom. The first-order valence-electron chi connectivity index (χ1n) is 3.65. The molecule has 0 fully saturated rings. The Morgan fingerprint density at radius 3 is 2.17 bits per heavy atom. The van der Waals surface area contributed by atoms with E-state index in [0.717, 1.165) is 0 Å². The molecule has 0 aromatic rings. The molecule has 0 aliphatic heterocycles. The van der Waals surface area contributed by atoms with Crippen molar-refractivity contribution in [3.63, 3.8) is 0 Å². The minimum atomic E-state index is -2.46. The Hall–Kier alpha value is -0.420. The summed E-state index contributed by atoms with van der Waals surface area (Å²) in [6.07, 6.45) is 1.47. The molecule has 0 aromatic heterocycles. The molecule has 0 aliphatic rings. The van der Waals surface area contributed by atoms with E-state index in [-0.39, 0.29) is 6.54 Å². The highest BCUT2D eigenvalue weighted by Gasteiger charge is 2.22. The van der Waals surface area contributed by atoms with E-state index in [4.69, 9.17) is 5.73 Å². The predicted octanol–water partition coefficient (Wildman–Crippen LogP) is 0.368. The number of nitrogens with two attached hydrogens (primary N) is 1. The Morgan fingerprint density at radius 2 is 1.92 bits per heavy atom. The third-order valence-corrected chi connectivity index (χ3v) is 4.41. The molecule has 0 rings (SSSR count). The number of hydrogen-bond acceptors (Lipinski definition) is 3. The van der Waals surface area contributed by atoms with Crippen LogP contribution in [-0.4, -0.2) is 27.7 Å². The molecule has 1 unspecified atom stereocenters. The van der Waals surface area contributed by atoms with Gasteiger partial charge in [0.1, 0.15) is 0 Å². The zero-order chi connectivity index (χ0) is 9.99. The fraction of sp³-hybridized carbons (Fsp3) is 0.857. The van der Waals surface area contributed by atoms with Gasteiger partial charge in [-0.15, -0.1) is 0 Å². The van der Waals surface area contributed by atoms with Crippen LogP contribution in [-0.2, 0) is 14.5 Å². The van der Waals surface area contributed by atoms with E-state index in [1.165, 1.54) is 6.26 Å².